The summed E-state index contributed by atoms with van der Waals surface area (Å²) < 4.78 is 0. The molecule has 52 valence electrons. The van der Waals surface area contributed by atoms with Crippen molar-refractivity contribution in [3.05, 3.63) is 6.42 Å². The highest BCUT2D eigenvalue weighted by atomic mass is 16.3. The average Bonchev–Trinajstić information content (AvgIpc) is 2.13. The second kappa shape index (κ2) is 3.89. The average molecular weight is 126 g/mol. The van der Waals surface area contributed by atoms with Gasteiger partial charge in [0.05, 0.1) is 0 Å². The van der Waals surface area contributed by atoms with Gasteiger partial charge in [-0.05, 0) is 25.2 Å². The standard InChI is InChI=1S/C8H14O/c9-7-8-5-3-1-2-4-6-8/h8-9H,1-5,7H2. The summed E-state index contributed by atoms with van der Waals surface area (Å²) in [7, 11) is 0. The quantitative estimate of drug-likeness (QED) is 0.529. The molecule has 1 atom stereocenters. The molecule has 1 fully saturated rings. The normalized spacial score (nSPS) is 23.7. The van der Waals surface area contributed by atoms with Crippen LogP contribution in [0.2, 0.25) is 0 Å². The summed E-state index contributed by atoms with van der Waals surface area (Å²) in [4.78, 5) is 0. The molecule has 0 spiro atoms. The second-order valence-corrected chi connectivity index (χ2v) is 2.68. The lowest BCUT2D eigenvalue weighted by Crippen LogP contribution is -2.03. The third-order valence-electron chi connectivity index (χ3n) is 1.88. The van der Waals surface area contributed by atoms with Gasteiger partial charge in [0, 0.05) is 6.61 Å². The Bertz CT molecular complexity index is 63.0. The van der Waals surface area contributed by atoms with Gasteiger partial charge in [-0.25, -0.2) is 0 Å². The Morgan fingerprint density at radius 2 is 2.22 bits per heavy atom. The molecular formula is C8H14O. The zero-order valence-corrected chi connectivity index (χ0v) is 5.77. The molecule has 0 aromatic heterocycles. The van der Waals surface area contributed by atoms with Gasteiger partial charge in [0.1, 0.15) is 0 Å². The summed E-state index contributed by atoms with van der Waals surface area (Å²) in [5, 5.41) is 8.75. The maximum absolute atomic E-state index is 8.75. The predicted octanol–water partition coefficient (Wildman–Crippen LogP) is 1.64. The third kappa shape index (κ3) is 2.35. The largest absolute Gasteiger partial charge is 0.396 e. The molecule has 1 aliphatic carbocycles. The van der Waals surface area contributed by atoms with Gasteiger partial charge in [-0.15, -0.1) is 0 Å². The van der Waals surface area contributed by atoms with Gasteiger partial charge in [0.2, 0.25) is 0 Å². The predicted molar refractivity (Wildman–Crippen MR) is 36.9 cm³/mol. The Kier molecular flexibility index (Phi) is 3.05. The highest BCUT2D eigenvalue weighted by Crippen LogP contribution is 2.20. The lowest BCUT2D eigenvalue weighted by molar-refractivity contribution is 0.236. The fraction of sp³-hybridized carbons (Fsp3) is 0.875. The number of hydrogen-bond donors (Lipinski definition) is 1. The van der Waals surface area contributed by atoms with Gasteiger partial charge in [-0.3, -0.25) is 0 Å². The van der Waals surface area contributed by atoms with Gasteiger partial charge in [-0.1, -0.05) is 19.3 Å². The van der Waals surface area contributed by atoms with E-state index in [9.17, 15) is 0 Å². The van der Waals surface area contributed by atoms with E-state index in [1.807, 2.05) is 0 Å². The number of rotatable bonds is 1. The van der Waals surface area contributed by atoms with E-state index in [1.54, 1.807) is 0 Å². The molecule has 1 nitrogen and oxygen atoms in total. The Morgan fingerprint density at radius 3 is 3.00 bits per heavy atom. The molecule has 9 heavy (non-hydrogen) atoms. The van der Waals surface area contributed by atoms with Crippen molar-refractivity contribution in [2.45, 2.75) is 32.1 Å². The van der Waals surface area contributed by atoms with E-state index < -0.39 is 0 Å². The van der Waals surface area contributed by atoms with Gasteiger partial charge in [0.15, 0.2) is 0 Å². The van der Waals surface area contributed by atoms with Crippen LogP contribution in [0, 0.1) is 12.3 Å². The Hall–Kier alpha value is -0.0400. The lowest BCUT2D eigenvalue weighted by atomic mass is 10.0. The third-order valence-corrected chi connectivity index (χ3v) is 1.88. The van der Waals surface area contributed by atoms with E-state index in [0.717, 1.165) is 12.8 Å². The van der Waals surface area contributed by atoms with E-state index >= 15 is 0 Å². The summed E-state index contributed by atoms with van der Waals surface area (Å²) in [6.45, 7) is 0.306. The molecule has 1 N–H and O–H groups in total. The zero-order valence-electron chi connectivity index (χ0n) is 5.77. The molecule has 0 aliphatic heterocycles. The first-order valence-corrected chi connectivity index (χ1v) is 3.77. The van der Waals surface area contributed by atoms with Crippen LogP contribution in [0.25, 0.3) is 0 Å². The summed E-state index contributed by atoms with van der Waals surface area (Å²) in [5.41, 5.74) is 0. The summed E-state index contributed by atoms with van der Waals surface area (Å²) >= 11 is 0. The van der Waals surface area contributed by atoms with Crippen LogP contribution in [0.1, 0.15) is 32.1 Å². The van der Waals surface area contributed by atoms with Crippen molar-refractivity contribution >= 4 is 0 Å². The van der Waals surface area contributed by atoms with Crippen LogP contribution in [-0.2, 0) is 0 Å². The van der Waals surface area contributed by atoms with Crippen molar-refractivity contribution in [2.24, 2.45) is 5.92 Å². The maximum atomic E-state index is 8.75. The van der Waals surface area contributed by atoms with Crippen LogP contribution >= 0.6 is 0 Å². The van der Waals surface area contributed by atoms with Crippen molar-refractivity contribution in [2.75, 3.05) is 6.61 Å². The lowest BCUT2D eigenvalue weighted by Gasteiger charge is -2.06. The Balaban J connectivity index is 2.18. The SMILES string of the molecule is OCC1[C]CCCCC1. The number of aliphatic hydroxyl groups excluding tert-OH is 1. The van der Waals surface area contributed by atoms with Crippen molar-refractivity contribution in [3.8, 4) is 0 Å². The highest BCUT2D eigenvalue weighted by molar-refractivity contribution is 4.78. The topological polar surface area (TPSA) is 20.2 Å². The highest BCUT2D eigenvalue weighted by Gasteiger charge is 2.10. The molecule has 0 bridgehead atoms. The van der Waals surface area contributed by atoms with Crippen molar-refractivity contribution < 1.29 is 5.11 Å². The molecular weight excluding hydrogens is 112 g/mol. The minimum absolute atomic E-state index is 0.306. The van der Waals surface area contributed by atoms with Crippen molar-refractivity contribution in [1.82, 2.24) is 0 Å². The minimum atomic E-state index is 0.306. The summed E-state index contributed by atoms with van der Waals surface area (Å²) in [6, 6.07) is 0. The van der Waals surface area contributed by atoms with E-state index in [1.165, 1.54) is 19.3 Å². The van der Waals surface area contributed by atoms with Crippen LogP contribution in [0.5, 0.6) is 0 Å². The molecule has 0 saturated heterocycles. The van der Waals surface area contributed by atoms with Gasteiger partial charge >= 0.3 is 0 Å². The maximum Gasteiger partial charge on any atom is 0.0465 e. The summed E-state index contributed by atoms with van der Waals surface area (Å²) in [5.74, 6) is 0.382. The first kappa shape index (κ1) is 7.07. The van der Waals surface area contributed by atoms with Crippen molar-refractivity contribution in [1.29, 1.82) is 0 Å². The van der Waals surface area contributed by atoms with Crippen LogP contribution in [-0.4, -0.2) is 11.7 Å². The monoisotopic (exact) mass is 126 g/mol. The molecule has 2 radical (unpaired) electrons. The Labute approximate surface area is 57.1 Å². The molecule has 0 aromatic carbocycles. The molecule has 1 saturated carbocycles. The number of aliphatic hydroxyl groups is 1. The molecule has 1 aliphatic rings. The summed E-state index contributed by atoms with van der Waals surface area (Å²) in [6.07, 6.45) is 9.39. The van der Waals surface area contributed by atoms with Crippen molar-refractivity contribution in [3.63, 3.8) is 0 Å². The smallest absolute Gasteiger partial charge is 0.0465 e. The molecule has 0 heterocycles. The van der Waals surface area contributed by atoms with Crippen LogP contribution in [0.4, 0.5) is 0 Å². The Morgan fingerprint density at radius 1 is 1.33 bits per heavy atom. The molecule has 1 heteroatoms. The van der Waals surface area contributed by atoms with E-state index in [4.69, 9.17) is 5.11 Å². The van der Waals surface area contributed by atoms with Gasteiger partial charge in [-0.2, -0.15) is 0 Å². The zero-order chi connectivity index (χ0) is 6.53. The molecule has 1 unspecified atom stereocenters. The van der Waals surface area contributed by atoms with Crippen LogP contribution < -0.4 is 0 Å². The van der Waals surface area contributed by atoms with Gasteiger partial charge in [0.25, 0.3) is 0 Å². The fourth-order valence-electron chi connectivity index (χ4n) is 1.26. The second-order valence-electron chi connectivity index (χ2n) is 2.68. The first-order chi connectivity index (χ1) is 4.43. The van der Waals surface area contributed by atoms with Crippen LogP contribution in [0.3, 0.4) is 0 Å². The fourth-order valence-corrected chi connectivity index (χ4v) is 1.26. The van der Waals surface area contributed by atoms with Gasteiger partial charge < -0.3 is 5.11 Å². The first-order valence-electron chi connectivity index (χ1n) is 3.77. The molecule has 0 amide bonds. The number of hydrogen-bond acceptors (Lipinski definition) is 1. The molecule has 0 aromatic rings. The van der Waals surface area contributed by atoms with E-state index in [2.05, 4.69) is 6.42 Å². The molecule has 1 rings (SSSR count). The van der Waals surface area contributed by atoms with E-state index in [-0.39, 0.29) is 0 Å². The van der Waals surface area contributed by atoms with E-state index in [0.29, 0.717) is 12.5 Å². The van der Waals surface area contributed by atoms with Crippen LogP contribution in [0.15, 0.2) is 0 Å². The minimum Gasteiger partial charge on any atom is -0.396 e.